The number of nitrogens with one attached hydrogen (secondary N) is 1. The van der Waals surface area contributed by atoms with Gasteiger partial charge in [0.15, 0.2) is 0 Å². The van der Waals surface area contributed by atoms with Gasteiger partial charge >= 0.3 is 6.18 Å². The molecule has 0 aliphatic carbocycles. The summed E-state index contributed by atoms with van der Waals surface area (Å²) < 4.78 is 39.2. The third kappa shape index (κ3) is 2.90. The van der Waals surface area contributed by atoms with E-state index in [9.17, 15) is 23.2 Å². The first-order valence-corrected chi connectivity index (χ1v) is 6.80. The number of alkyl halides is 3. The molecule has 0 aliphatic rings. The molecule has 0 saturated heterocycles. The first-order valence-electron chi connectivity index (χ1n) is 6.04. The number of H-pyrrole nitrogens is 1. The number of pyridine rings is 1. The molecule has 0 bridgehead atoms. The van der Waals surface area contributed by atoms with E-state index in [0.29, 0.717) is 6.07 Å². The third-order valence-electron chi connectivity index (χ3n) is 3.09. The van der Waals surface area contributed by atoms with Crippen molar-refractivity contribution in [1.29, 1.82) is 10.5 Å². The summed E-state index contributed by atoms with van der Waals surface area (Å²) in [5.41, 5.74) is 1.78. The molecular formula is C14H5Cl2F3N4O. The first kappa shape index (κ1) is 17.7. The highest BCUT2D eigenvalue weighted by Gasteiger charge is 2.35. The van der Waals surface area contributed by atoms with Crippen LogP contribution in [0.25, 0.3) is 11.1 Å². The second-order valence-corrected chi connectivity index (χ2v) is 5.32. The largest absolute Gasteiger partial charge is 0.417 e. The van der Waals surface area contributed by atoms with E-state index < -0.39 is 32.9 Å². The van der Waals surface area contributed by atoms with Crippen LogP contribution in [0.3, 0.4) is 0 Å². The number of benzene rings is 1. The van der Waals surface area contributed by atoms with Crippen molar-refractivity contribution < 1.29 is 13.2 Å². The van der Waals surface area contributed by atoms with Gasteiger partial charge in [-0.1, -0.05) is 23.2 Å². The van der Waals surface area contributed by atoms with E-state index >= 15 is 0 Å². The van der Waals surface area contributed by atoms with Gasteiger partial charge in [0, 0.05) is 5.56 Å². The fourth-order valence-corrected chi connectivity index (χ4v) is 2.51. The molecule has 0 saturated carbocycles. The number of aromatic amines is 1. The van der Waals surface area contributed by atoms with E-state index in [2.05, 4.69) is 4.98 Å². The normalized spacial score (nSPS) is 11.0. The molecule has 122 valence electrons. The Hall–Kier alpha value is -2.68. The van der Waals surface area contributed by atoms with Crippen molar-refractivity contribution in [3.63, 3.8) is 0 Å². The minimum Gasteiger partial charge on any atom is -0.384 e. The summed E-state index contributed by atoms with van der Waals surface area (Å²) >= 11 is 11.3. The molecule has 3 N–H and O–H groups in total. The summed E-state index contributed by atoms with van der Waals surface area (Å²) in [6, 6.07) is 4.83. The molecule has 0 aliphatic heterocycles. The van der Waals surface area contributed by atoms with Gasteiger partial charge in [-0.2, -0.15) is 23.7 Å². The van der Waals surface area contributed by atoms with E-state index in [-0.39, 0.29) is 22.5 Å². The zero-order valence-electron chi connectivity index (χ0n) is 11.4. The second kappa shape index (κ2) is 6.08. The van der Waals surface area contributed by atoms with Crippen LogP contribution in [0.2, 0.25) is 10.0 Å². The number of nitrogen functional groups attached to an aromatic ring is 1. The summed E-state index contributed by atoms with van der Waals surface area (Å²) in [7, 11) is 0. The van der Waals surface area contributed by atoms with Crippen LogP contribution in [0, 0.1) is 22.7 Å². The number of rotatable bonds is 1. The average Bonchev–Trinajstić information content (AvgIpc) is 2.48. The van der Waals surface area contributed by atoms with Gasteiger partial charge in [-0.05, 0) is 17.7 Å². The Morgan fingerprint density at radius 2 is 1.71 bits per heavy atom. The summed E-state index contributed by atoms with van der Waals surface area (Å²) in [6.07, 6.45) is -4.83. The molecule has 0 spiro atoms. The number of nitrogens with two attached hydrogens (primary N) is 1. The summed E-state index contributed by atoms with van der Waals surface area (Å²) in [4.78, 5) is 13.9. The number of nitrogens with zero attached hydrogens (tertiary/aromatic N) is 2. The van der Waals surface area contributed by atoms with Crippen molar-refractivity contribution in [3.8, 4) is 23.3 Å². The molecule has 0 unspecified atom stereocenters. The number of aromatic nitrogens is 1. The predicted octanol–water partition coefficient (Wildman–Crippen LogP) is 3.69. The zero-order valence-corrected chi connectivity index (χ0v) is 12.9. The van der Waals surface area contributed by atoms with Gasteiger partial charge in [-0.25, -0.2) is 0 Å². The quantitative estimate of drug-likeness (QED) is 0.795. The molecule has 0 radical (unpaired) electrons. The van der Waals surface area contributed by atoms with Crippen molar-refractivity contribution >= 4 is 29.0 Å². The number of hydrogen-bond acceptors (Lipinski definition) is 4. The molecule has 5 nitrogen and oxygen atoms in total. The Morgan fingerprint density at radius 3 is 2.21 bits per heavy atom. The molecule has 1 heterocycles. The van der Waals surface area contributed by atoms with Gasteiger partial charge in [0.1, 0.15) is 29.1 Å². The minimum atomic E-state index is -4.83. The fourth-order valence-electron chi connectivity index (χ4n) is 2.07. The summed E-state index contributed by atoms with van der Waals surface area (Å²) in [5.74, 6) is -0.379. The van der Waals surface area contributed by atoms with Crippen LogP contribution in [-0.4, -0.2) is 4.98 Å². The van der Waals surface area contributed by atoms with Crippen LogP contribution >= 0.6 is 23.2 Å². The molecular weight excluding hydrogens is 368 g/mol. The third-order valence-corrected chi connectivity index (χ3v) is 3.89. The standard InChI is InChI=1S/C14H5Cl2F3N4O/c15-9-2-5(1-8(11(9)16)14(17,18)19)10-6(3-20)12(22)23-13(24)7(10)4-21/h1-2H,(H3,22,23,24). The van der Waals surface area contributed by atoms with Gasteiger partial charge in [-0.3, -0.25) is 4.79 Å². The second-order valence-electron chi connectivity index (χ2n) is 4.53. The Labute approximate surface area is 142 Å². The van der Waals surface area contributed by atoms with Crippen molar-refractivity contribution in [2.75, 3.05) is 5.73 Å². The van der Waals surface area contributed by atoms with E-state index in [1.54, 1.807) is 12.1 Å². The predicted molar refractivity (Wildman–Crippen MR) is 81.4 cm³/mol. The maximum absolute atomic E-state index is 13.1. The lowest BCUT2D eigenvalue weighted by molar-refractivity contribution is -0.137. The fraction of sp³-hybridized carbons (Fsp3) is 0.0714. The summed E-state index contributed by atoms with van der Waals surface area (Å²) in [5, 5.41) is 17.1. The molecule has 2 rings (SSSR count). The van der Waals surface area contributed by atoms with Crippen LogP contribution in [0.4, 0.5) is 19.0 Å². The zero-order chi connectivity index (χ0) is 18.2. The van der Waals surface area contributed by atoms with Crippen LogP contribution in [-0.2, 0) is 6.18 Å². The minimum absolute atomic E-state index is 0.275. The van der Waals surface area contributed by atoms with E-state index in [1.165, 1.54) is 0 Å². The van der Waals surface area contributed by atoms with Crippen molar-refractivity contribution in [1.82, 2.24) is 4.98 Å². The van der Waals surface area contributed by atoms with E-state index in [1.807, 2.05) is 0 Å². The highest BCUT2D eigenvalue weighted by Crippen LogP contribution is 2.42. The van der Waals surface area contributed by atoms with Gasteiger partial charge in [-0.15, -0.1) is 0 Å². The smallest absolute Gasteiger partial charge is 0.384 e. The molecule has 1 aromatic carbocycles. The monoisotopic (exact) mass is 372 g/mol. The van der Waals surface area contributed by atoms with Crippen LogP contribution in [0.15, 0.2) is 16.9 Å². The van der Waals surface area contributed by atoms with E-state index in [0.717, 1.165) is 6.07 Å². The lowest BCUT2D eigenvalue weighted by Crippen LogP contribution is -2.16. The van der Waals surface area contributed by atoms with Crippen LogP contribution < -0.4 is 11.3 Å². The molecule has 10 heteroatoms. The molecule has 0 amide bonds. The Kier molecular flexibility index (Phi) is 4.48. The van der Waals surface area contributed by atoms with Crippen LogP contribution in [0.1, 0.15) is 16.7 Å². The molecule has 24 heavy (non-hydrogen) atoms. The maximum Gasteiger partial charge on any atom is 0.417 e. The lowest BCUT2D eigenvalue weighted by Gasteiger charge is -2.14. The molecule has 2 aromatic rings. The molecule has 0 fully saturated rings. The number of hydrogen-bond donors (Lipinski definition) is 2. The topological polar surface area (TPSA) is 106 Å². The van der Waals surface area contributed by atoms with Gasteiger partial charge in [0.2, 0.25) is 0 Å². The number of halogens is 5. The first-order chi connectivity index (χ1) is 11.1. The summed E-state index contributed by atoms with van der Waals surface area (Å²) in [6.45, 7) is 0. The SMILES string of the molecule is N#Cc1c(N)[nH]c(=O)c(C#N)c1-c1cc(Cl)c(Cl)c(C(F)(F)F)c1. The average molecular weight is 373 g/mol. The van der Waals surface area contributed by atoms with Crippen molar-refractivity contribution in [2.24, 2.45) is 0 Å². The van der Waals surface area contributed by atoms with Gasteiger partial charge in [0.25, 0.3) is 5.56 Å². The lowest BCUT2D eigenvalue weighted by atomic mass is 9.95. The Morgan fingerprint density at radius 1 is 1.12 bits per heavy atom. The maximum atomic E-state index is 13.1. The highest BCUT2D eigenvalue weighted by atomic mass is 35.5. The Balaban J connectivity index is 2.99. The van der Waals surface area contributed by atoms with Crippen molar-refractivity contribution in [2.45, 2.75) is 6.18 Å². The Bertz CT molecular complexity index is 984. The van der Waals surface area contributed by atoms with Crippen LogP contribution in [0.5, 0.6) is 0 Å². The van der Waals surface area contributed by atoms with Gasteiger partial charge in [0.05, 0.1) is 15.6 Å². The van der Waals surface area contributed by atoms with Crippen molar-refractivity contribution in [3.05, 3.63) is 49.2 Å². The number of nitriles is 2. The highest BCUT2D eigenvalue weighted by molar-refractivity contribution is 6.42. The molecule has 1 aromatic heterocycles. The molecule has 0 atom stereocenters. The van der Waals surface area contributed by atoms with Gasteiger partial charge < -0.3 is 10.7 Å². The van der Waals surface area contributed by atoms with E-state index in [4.69, 9.17) is 34.2 Å². The number of anilines is 1.